The Morgan fingerprint density at radius 2 is 2.09 bits per heavy atom. The number of nitrogens with zero attached hydrogens (tertiary/aromatic N) is 3. The molecule has 4 nitrogen and oxygen atoms in total. The topological polar surface area (TPSA) is 30.9 Å². The summed E-state index contributed by atoms with van der Waals surface area (Å²) in [5.41, 5.74) is 5.34. The fourth-order valence-electron chi connectivity index (χ4n) is 3.41. The van der Waals surface area contributed by atoms with Crippen LogP contribution in [0.1, 0.15) is 11.1 Å². The van der Waals surface area contributed by atoms with Crippen molar-refractivity contribution >= 4 is 11.9 Å². The van der Waals surface area contributed by atoms with E-state index in [9.17, 15) is 0 Å². The molecule has 0 aliphatic carbocycles. The van der Waals surface area contributed by atoms with E-state index in [1.165, 1.54) is 11.3 Å². The van der Waals surface area contributed by atoms with E-state index in [0.717, 1.165) is 57.9 Å². The van der Waals surface area contributed by atoms with Gasteiger partial charge in [-0.25, -0.2) is 0 Å². The number of anilines is 1. The molecule has 0 atom stereocenters. The monoisotopic (exact) mass is 310 g/mol. The lowest BCUT2D eigenvalue weighted by atomic mass is 9.98. The molecule has 0 radical (unpaired) electrons. The number of allylic oxidation sites excluding steroid dienone is 1. The van der Waals surface area contributed by atoms with Crippen LogP contribution in [0.3, 0.4) is 0 Å². The summed E-state index contributed by atoms with van der Waals surface area (Å²) >= 11 is 0. The molecule has 3 rings (SSSR count). The van der Waals surface area contributed by atoms with Gasteiger partial charge in [-0.1, -0.05) is 31.4 Å². The molecule has 2 aliphatic rings. The molecule has 122 valence electrons. The van der Waals surface area contributed by atoms with Crippen LogP contribution < -0.4 is 10.2 Å². The van der Waals surface area contributed by atoms with Gasteiger partial charge in [0.05, 0.1) is 0 Å². The first-order chi connectivity index (χ1) is 11.3. The Morgan fingerprint density at radius 1 is 1.26 bits per heavy atom. The van der Waals surface area contributed by atoms with Gasteiger partial charge >= 0.3 is 0 Å². The minimum Gasteiger partial charge on any atom is -0.369 e. The molecule has 0 unspecified atom stereocenters. The Bertz CT molecular complexity index is 597. The summed E-state index contributed by atoms with van der Waals surface area (Å²) in [5, 5.41) is 3.46. The summed E-state index contributed by atoms with van der Waals surface area (Å²) in [7, 11) is 0. The molecule has 1 aromatic carbocycles. The molecular formula is C19H26N4. The first-order valence-electron chi connectivity index (χ1n) is 8.39. The van der Waals surface area contributed by atoms with E-state index in [-0.39, 0.29) is 0 Å². The van der Waals surface area contributed by atoms with Crippen molar-refractivity contribution in [3.05, 3.63) is 54.3 Å². The van der Waals surface area contributed by atoms with Crippen molar-refractivity contribution in [3.8, 4) is 0 Å². The second-order valence-corrected chi connectivity index (χ2v) is 6.18. The summed E-state index contributed by atoms with van der Waals surface area (Å²) < 4.78 is 0. The molecule has 0 saturated carbocycles. The van der Waals surface area contributed by atoms with Crippen LogP contribution in [0, 0.1) is 0 Å². The maximum atomic E-state index is 4.27. The summed E-state index contributed by atoms with van der Waals surface area (Å²) in [6.45, 7) is 14.9. The van der Waals surface area contributed by atoms with Gasteiger partial charge in [-0.05, 0) is 30.2 Å². The van der Waals surface area contributed by atoms with Crippen LogP contribution in [0.25, 0.3) is 0 Å². The molecule has 23 heavy (non-hydrogen) atoms. The Hall–Kier alpha value is -1.91. The van der Waals surface area contributed by atoms with Gasteiger partial charge in [0.15, 0.2) is 0 Å². The lowest BCUT2D eigenvalue weighted by Gasteiger charge is -2.38. The van der Waals surface area contributed by atoms with E-state index in [4.69, 9.17) is 0 Å². The zero-order chi connectivity index (χ0) is 16.1. The van der Waals surface area contributed by atoms with Crippen molar-refractivity contribution in [3.63, 3.8) is 0 Å². The molecule has 0 bridgehead atoms. The molecule has 1 N–H and O–H groups in total. The van der Waals surface area contributed by atoms with E-state index < -0.39 is 0 Å². The molecule has 0 amide bonds. The zero-order valence-corrected chi connectivity index (χ0v) is 13.8. The highest BCUT2D eigenvalue weighted by molar-refractivity contribution is 5.71. The number of nitrogens with one attached hydrogen (secondary N) is 1. The van der Waals surface area contributed by atoms with Gasteiger partial charge in [0, 0.05) is 56.9 Å². The Morgan fingerprint density at radius 3 is 2.87 bits per heavy atom. The van der Waals surface area contributed by atoms with Crippen molar-refractivity contribution in [1.82, 2.24) is 10.2 Å². The second-order valence-electron chi connectivity index (χ2n) is 6.18. The molecule has 1 saturated heterocycles. The van der Waals surface area contributed by atoms with Crippen molar-refractivity contribution in [2.75, 3.05) is 44.2 Å². The molecular weight excluding hydrogens is 284 g/mol. The third kappa shape index (κ3) is 3.89. The van der Waals surface area contributed by atoms with Crippen LogP contribution in [-0.4, -0.2) is 50.4 Å². The summed E-state index contributed by atoms with van der Waals surface area (Å²) in [4.78, 5) is 9.24. The van der Waals surface area contributed by atoms with Gasteiger partial charge in [0.2, 0.25) is 0 Å². The zero-order valence-electron chi connectivity index (χ0n) is 13.8. The molecule has 0 spiro atoms. The number of fused-ring (bicyclic) bond motifs is 1. The molecule has 1 aromatic rings. The largest absolute Gasteiger partial charge is 0.369 e. The Kier molecular flexibility index (Phi) is 5.26. The Labute approximate surface area is 139 Å². The maximum Gasteiger partial charge on any atom is 0.0472 e. The smallest absolute Gasteiger partial charge is 0.0472 e. The quantitative estimate of drug-likeness (QED) is 0.846. The van der Waals surface area contributed by atoms with Crippen molar-refractivity contribution in [2.45, 2.75) is 13.0 Å². The highest BCUT2D eigenvalue weighted by atomic mass is 15.3. The highest BCUT2D eigenvalue weighted by Crippen LogP contribution is 2.27. The van der Waals surface area contributed by atoms with Crippen LogP contribution in [-0.2, 0) is 13.0 Å². The molecule has 1 fully saturated rings. The SMILES string of the molecule is C=CC=NC(=C)CN1CCN(c2cccc3c2CCNC3)CC1. The van der Waals surface area contributed by atoms with Gasteiger partial charge < -0.3 is 10.2 Å². The number of benzene rings is 1. The molecule has 2 aliphatic heterocycles. The van der Waals surface area contributed by atoms with Crippen LogP contribution in [0.15, 0.2) is 48.1 Å². The fourth-order valence-corrected chi connectivity index (χ4v) is 3.41. The number of hydrogen-bond acceptors (Lipinski definition) is 4. The second kappa shape index (κ2) is 7.57. The molecule has 2 heterocycles. The van der Waals surface area contributed by atoms with E-state index in [2.05, 4.69) is 51.5 Å². The average molecular weight is 310 g/mol. The average Bonchev–Trinajstić information content (AvgIpc) is 2.60. The van der Waals surface area contributed by atoms with Gasteiger partial charge in [-0.3, -0.25) is 9.89 Å². The third-order valence-corrected chi connectivity index (χ3v) is 4.60. The third-order valence-electron chi connectivity index (χ3n) is 4.60. The highest BCUT2D eigenvalue weighted by Gasteiger charge is 2.21. The van der Waals surface area contributed by atoms with Gasteiger partial charge in [-0.2, -0.15) is 0 Å². The number of hydrogen-bond donors (Lipinski definition) is 1. The van der Waals surface area contributed by atoms with Crippen LogP contribution >= 0.6 is 0 Å². The predicted molar refractivity (Wildman–Crippen MR) is 98.3 cm³/mol. The van der Waals surface area contributed by atoms with Crippen LogP contribution in [0.5, 0.6) is 0 Å². The van der Waals surface area contributed by atoms with Gasteiger partial charge in [0.25, 0.3) is 0 Å². The van der Waals surface area contributed by atoms with Gasteiger partial charge in [-0.15, -0.1) is 0 Å². The minimum atomic E-state index is 0.842. The van der Waals surface area contributed by atoms with Crippen molar-refractivity contribution in [2.24, 2.45) is 4.99 Å². The lowest BCUT2D eigenvalue weighted by molar-refractivity contribution is 0.277. The van der Waals surface area contributed by atoms with Crippen molar-refractivity contribution < 1.29 is 0 Å². The van der Waals surface area contributed by atoms with E-state index >= 15 is 0 Å². The standard InChI is InChI=1S/C19H26N4/c1-3-8-21-16(2)15-22-10-12-23(13-11-22)19-6-4-5-17-14-20-9-7-18(17)19/h3-6,8,20H,1-2,7,9-15H2. The van der Waals surface area contributed by atoms with E-state index in [1.54, 1.807) is 17.9 Å². The summed E-state index contributed by atoms with van der Waals surface area (Å²) in [6, 6.07) is 6.73. The molecule has 4 heteroatoms. The number of rotatable bonds is 5. The normalized spacial score (nSPS) is 18.9. The fraction of sp³-hybridized carbons (Fsp3) is 0.421. The number of piperazine rings is 1. The van der Waals surface area contributed by atoms with E-state index in [0.29, 0.717) is 0 Å². The Balaban J connectivity index is 1.60. The minimum absolute atomic E-state index is 0.842. The summed E-state index contributed by atoms with van der Waals surface area (Å²) in [5.74, 6) is 0. The van der Waals surface area contributed by atoms with Gasteiger partial charge in [0.1, 0.15) is 0 Å². The van der Waals surface area contributed by atoms with Crippen LogP contribution in [0.4, 0.5) is 5.69 Å². The van der Waals surface area contributed by atoms with Crippen molar-refractivity contribution in [1.29, 1.82) is 0 Å². The summed E-state index contributed by atoms with van der Waals surface area (Å²) in [6.07, 6.45) is 4.54. The van der Waals surface area contributed by atoms with Crippen LogP contribution in [0.2, 0.25) is 0 Å². The lowest BCUT2D eigenvalue weighted by Crippen LogP contribution is -2.47. The predicted octanol–water partition coefficient (Wildman–Crippen LogP) is 2.22. The first kappa shape index (κ1) is 16.0. The number of aliphatic imine (C=N–C) groups is 1. The maximum absolute atomic E-state index is 4.27. The van der Waals surface area contributed by atoms with E-state index in [1.807, 2.05) is 0 Å². The first-order valence-corrected chi connectivity index (χ1v) is 8.39. The molecule has 0 aromatic heterocycles.